The lowest BCUT2D eigenvalue weighted by molar-refractivity contribution is -0.123. The Hall–Kier alpha value is -1.35. The minimum absolute atomic E-state index is 0.00556. The van der Waals surface area contributed by atoms with Crippen LogP contribution in [-0.2, 0) is 11.2 Å². The van der Waals surface area contributed by atoms with Gasteiger partial charge in [-0.15, -0.1) is 0 Å². The van der Waals surface area contributed by atoms with Crippen molar-refractivity contribution in [3.63, 3.8) is 0 Å². The SMILES string of the molecule is CCc1ccc(C(C)NC(=O)[C@H](N)CC)cc1. The quantitative estimate of drug-likeness (QED) is 0.820. The number of hydrogen-bond donors (Lipinski definition) is 2. The fraction of sp³-hybridized carbons (Fsp3) is 0.500. The predicted octanol–water partition coefficient (Wildman–Crippen LogP) is 2.16. The van der Waals surface area contributed by atoms with Crippen molar-refractivity contribution in [3.05, 3.63) is 35.4 Å². The van der Waals surface area contributed by atoms with Gasteiger partial charge in [-0.1, -0.05) is 38.1 Å². The van der Waals surface area contributed by atoms with Gasteiger partial charge in [0.25, 0.3) is 0 Å². The maximum absolute atomic E-state index is 11.6. The second-order valence-corrected chi connectivity index (χ2v) is 4.34. The summed E-state index contributed by atoms with van der Waals surface area (Å²) in [5.41, 5.74) is 8.09. The number of nitrogens with one attached hydrogen (secondary N) is 1. The minimum Gasteiger partial charge on any atom is -0.348 e. The number of carbonyl (C=O) groups excluding carboxylic acids is 1. The van der Waals surface area contributed by atoms with Gasteiger partial charge in [0.1, 0.15) is 0 Å². The third-order valence-corrected chi connectivity index (χ3v) is 3.02. The first-order valence-corrected chi connectivity index (χ1v) is 6.23. The fourth-order valence-electron chi connectivity index (χ4n) is 1.63. The van der Waals surface area contributed by atoms with Gasteiger partial charge in [-0.3, -0.25) is 4.79 Å². The van der Waals surface area contributed by atoms with Crippen LogP contribution in [0, 0.1) is 0 Å². The number of nitrogens with two attached hydrogens (primary N) is 1. The zero-order valence-electron chi connectivity index (χ0n) is 10.9. The van der Waals surface area contributed by atoms with Crippen molar-refractivity contribution in [2.24, 2.45) is 5.73 Å². The molecule has 0 aliphatic carbocycles. The lowest BCUT2D eigenvalue weighted by Crippen LogP contribution is -2.41. The molecule has 0 radical (unpaired) electrons. The van der Waals surface area contributed by atoms with E-state index in [2.05, 4.69) is 36.5 Å². The van der Waals surface area contributed by atoms with E-state index >= 15 is 0 Å². The molecule has 3 heteroatoms. The Bertz CT molecular complexity index is 359. The summed E-state index contributed by atoms with van der Waals surface area (Å²) in [4.78, 5) is 11.6. The Morgan fingerprint density at radius 3 is 2.35 bits per heavy atom. The van der Waals surface area contributed by atoms with E-state index in [1.54, 1.807) is 0 Å². The molecule has 17 heavy (non-hydrogen) atoms. The molecule has 1 amide bonds. The largest absolute Gasteiger partial charge is 0.348 e. The molecule has 0 bridgehead atoms. The van der Waals surface area contributed by atoms with Crippen molar-refractivity contribution in [1.82, 2.24) is 5.32 Å². The molecule has 0 aromatic heterocycles. The Labute approximate surface area is 103 Å². The summed E-state index contributed by atoms with van der Waals surface area (Å²) in [5, 5.41) is 2.92. The van der Waals surface area contributed by atoms with Crippen LogP contribution in [0.1, 0.15) is 44.4 Å². The number of aryl methyl sites for hydroxylation is 1. The maximum Gasteiger partial charge on any atom is 0.237 e. The Balaban J connectivity index is 2.63. The van der Waals surface area contributed by atoms with Crippen LogP contribution in [0.25, 0.3) is 0 Å². The Morgan fingerprint density at radius 2 is 1.88 bits per heavy atom. The highest BCUT2D eigenvalue weighted by Gasteiger charge is 2.14. The monoisotopic (exact) mass is 234 g/mol. The van der Waals surface area contributed by atoms with E-state index in [0.29, 0.717) is 6.42 Å². The number of amides is 1. The molecule has 0 spiro atoms. The zero-order chi connectivity index (χ0) is 12.8. The summed E-state index contributed by atoms with van der Waals surface area (Å²) in [7, 11) is 0. The number of rotatable bonds is 5. The Kier molecular flexibility index (Phi) is 5.16. The van der Waals surface area contributed by atoms with Gasteiger partial charge in [-0.2, -0.15) is 0 Å². The molecule has 3 N–H and O–H groups in total. The van der Waals surface area contributed by atoms with Gasteiger partial charge in [-0.05, 0) is 30.9 Å². The van der Waals surface area contributed by atoms with Gasteiger partial charge in [-0.25, -0.2) is 0 Å². The Morgan fingerprint density at radius 1 is 1.29 bits per heavy atom. The summed E-state index contributed by atoms with van der Waals surface area (Å²) in [6.45, 7) is 6.01. The van der Waals surface area contributed by atoms with E-state index in [-0.39, 0.29) is 11.9 Å². The van der Waals surface area contributed by atoms with Gasteiger partial charge in [0.2, 0.25) is 5.91 Å². The summed E-state index contributed by atoms with van der Waals surface area (Å²) in [6, 6.07) is 7.90. The highest BCUT2D eigenvalue weighted by atomic mass is 16.2. The smallest absolute Gasteiger partial charge is 0.237 e. The lowest BCUT2D eigenvalue weighted by Gasteiger charge is -2.17. The molecule has 3 nitrogen and oxygen atoms in total. The first-order valence-electron chi connectivity index (χ1n) is 6.23. The molecule has 1 aromatic rings. The van der Waals surface area contributed by atoms with Crippen LogP contribution in [0.3, 0.4) is 0 Å². The van der Waals surface area contributed by atoms with Crippen LogP contribution in [0.15, 0.2) is 24.3 Å². The third kappa shape index (κ3) is 3.86. The fourth-order valence-corrected chi connectivity index (χ4v) is 1.63. The topological polar surface area (TPSA) is 55.1 Å². The highest BCUT2D eigenvalue weighted by molar-refractivity contribution is 5.81. The number of benzene rings is 1. The van der Waals surface area contributed by atoms with E-state index in [4.69, 9.17) is 5.73 Å². The third-order valence-electron chi connectivity index (χ3n) is 3.02. The molecule has 0 fully saturated rings. The lowest BCUT2D eigenvalue weighted by atomic mass is 10.0. The summed E-state index contributed by atoms with van der Waals surface area (Å²) in [5.74, 6) is -0.0837. The maximum atomic E-state index is 11.6. The molecule has 0 heterocycles. The summed E-state index contributed by atoms with van der Waals surface area (Å²) < 4.78 is 0. The molecule has 0 aliphatic heterocycles. The van der Waals surface area contributed by atoms with Crippen molar-refractivity contribution in [2.45, 2.75) is 45.7 Å². The van der Waals surface area contributed by atoms with Crippen LogP contribution in [0.2, 0.25) is 0 Å². The molecule has 1 unspecified atom stereocenters. The zero-order valence-corrected chi connectivity index (χ0v) is 10.9. The van der Waals surface area contributed by atoms with Gasteiger partial charge in [0, 0.05) is 0 Å². The minimum atomic E-state index is -0.410. The molecular formula is C14H22N2O. The van der Waals surface area contributed by atoms with Crippen LogP contribution >= 0.6 is 0 Å². The van der Waals surface area contributed by atoms with Gasteiger partial charge < -0.3 is 11.1 Å². The van der Waals surface area contributed by atoms with Gasteiger partial charge in [0.05, 0.1) is 12.1 Å². The van der Waals surface area contributed by atoms with Crippen molar-refractivity contribution < 1.29 is 4.79 Å². The van der Waals surface area contributed by atoms with E-state index in [0.717, 1.165) is 12.0 Å². The second-order valence-electron chi connectivity index (χ2n) is 4.34. The number of hydrogen-bond acceptors (Lipinski definition) is 2. The molecule has 0 saturated heterocycles. The van der Waals surface area contributed by atoms with Crippen LogP contribution in [-0.4, -0.2) is 11.9 Å². The van der Waals surface area contributed by atoms with E-state index in [9.17, 15) is 4.79 Å². The molecule has 0 aliphatic rings. The standard InChI is InChI=1S/C14H22N2O/c1-4-11-6-8-12(9-7-11)10(3)16-14(17)13(15)5-2/h6-10,13H,4-5,15H2,1-3H3,(H,16,17)/t10?,13-/m1/s1. The van der Waals surface area contributed by atoms with Gasteiger partial charge >= 0.3 is 0 Å². The normalized spacial score (nSPS) is 14.1. The molecule has 1 aromatic carbocycles. The average Bonchev–Trinajstić information content (AvgIpc) is 2.37. The number of carbonyl (C=O) groups is 1. The van der Waals surface area contributed by atoms with Crippen molar-refractivity contribution >= 4 is 5.91 Å². The first-order chi connectivity index (χ1) is 8.08. The van der Waals surface area contributed by atoms with Crippen LogP contribution in [0.5, 0.6) is 0 Å². The molecule has 1 rings (SSSR count). The van der Waals surface area contributed by atoms with Crippen LogP contribution in [0.4, 0.5) is 0 Å². The van der Waals surface area contributed by atoms with Crippen molar-refractivity contribution in [3.8, 4) is 0 Å². The highest BCUT2D eigenvalue weighted by Crippen LogP contribution is 2.13. The van der Waals surface area contributed by atoms with E-state index < -0.39 is 6.04 Å². The first kappa shape index (κ1) is 13.7. The van der Waals surface area contributed by atoms with Crippen molar-refractivity contribution in [2.75, 3.05) is 0 Å². The molecule has 0 saturated carbocycles. The predicted molar refractivity (Wildman–Crippen MR) is 70.6 cm³/mol. The van der Waals surface area contributed by atoms with E-state index in [1.807, 2.05) is 13.8 Å². The van der Waals surface area contributed by atoms with E-state index in [1.165, 1.54) is 5.56 Å². The van der Waals surface area contributed by atoms with Crippen LogP contribution < -0.4 is 11.1 Å². The van der Waals surface area contributed by atoms with Crippen molar-refractivity contribution in [1.29, 1.82) is 0 Å². The summed E-state index contributed by atoms with van der Waals surface area (Å²) in [6.07, 6.45) is 1.69. The average molecular weight is 234 g/mol. The summed E-state index contributed by atoms with van der Waals surface area (Å²) >= 11 is 0. The molecule has 2 atom stereocenters. The molecule has 94 valence electrons. The molecular weight excluding hydrogens is 212 g/mol. The van der Waals surface area contributed by atoms with Gasteiger partial charge in [0.15, 0.2) is 0 Å². The second kappa shape index (κ2) is 6.40.